The fraction of sp³-hybridized carbons (Fsp3) is 1.00. The van der Waals surface area contributed by atoms with E-state index in [4.69, 9.17) is 9.63 Å². The van der Waals surface area contributed by atoms with Crippen molar-refractivity contribution in [2.24, 2.45) is 0 Å². The second kappa shape index (κ2) is 7.74. The molecule has 0 saturated carbocycles. The lowest BCUT2D eigenvalue weighted by Crippen LogP contribution is -1.93. The molecule has 0 spiro atoms. The maximum Gasteiger partial charge on any atom is 0.316 e. The number of hydrogen-bond acceptors (Lipinski definition) is 3. The zero-order valence-corrected chi connectivity index (χ0v) is 8.58. The first-order valence-corrected chi connectivity index (χ1v) is 5.44. The van der Waals surface area contributed by atoms with Gasteiger partial charge in [-0.2, -0.15) is 0 Å². The Morgan fingerprint density at radius 3 is 2.33 bits per heavy atom. The Morgan fingerprint density at radius 2 is 2.08 bits per heavy atom. The van der Waals surface area contributed by atoms with Crippen molar-refractivity contribution in [2.75, 3.05) is 13.2 Å². The van der Waals surface area contributed by atoms with Crippen molar-refractivity contribution in [3.05, 3.63) is 0 Å². The van der Waals surface area contributed by atoms with Crippen LogP contribution in [0, 0.1) is 0 Å². The number of rotatable bonds is 4. The van der Waals surface area contributed by atoms with Crippen molar-refractivity contribution in [2.45, 2.75) is 32.8 Å². The van der Waals surface area contributed by atoms with Crippen LogP contribution in [0.1, 0.15) is 26.7 Å². The summed E-state index contributed by atoms with van der Waals surface area (Å²) in [6.07, 6.45) is 2.72. The molecule has 2 atom stereocenters. The second-order valence-corrected chi connectivity index (χ2v) is 3.35. The Morgan fingerprint density at radius 1 is 1.58 bits per heavy atom. The zero-order chi connectivity index (χ0) is 9.40. The lowest BCUT2D eigenvalue weighted by Gasteiger charge is -1.91. The molecule has 1 rings (SSSR count). The molecule has 0 bridgehead atoms. The Hall–Kier alpha value is 0.110. The quantitative estimate of drug-likeness (QED) is 0.548. The van der Waals surface area contributed by atoms with Crippen LogP contribution in [0.15, 0.2) is 0 Å². The Kier molecular flexibility index (Phi) is 7.81. The molecule has 2 unspecified atom stereocenters. The molecule has 0 aromatic heterocycles. The molecule has 1 N–H and O–H groups in total. The van der Waals surface area contributed by atoms with E-state index in [1.165, 1.54) is 12.8 Å². The van der Waals surface area contributed by atoms with Crippen molar-refractivity contribution in [3.8, 4) is 0 Å². The minimum Gasteiger partial charge on any atom is -0.371 e. The molecule has 0 amide bonds. The smallest absolute Gasteiger partial charge is 0.316 e. The van der Waals surface area contributed by atoms with Crippen LogP contribution >= 0.6 is 8.25 Å². The van der Waals surface area contributed by atoms with Crippen LogP contribution in [0.5, 0.6) is 0 Å². The van der Waals surface area contributed by atoms with Gasteiger partial charge in [0, 0.05) is 0 Å². The van der Waals surface area contributed by atoms with Gasteiger partial charge in [-0.15, -0.1) is 0 Å². The molecule has 5 heteroatoms. The van der Waals surface area contributed by atoms with Gasteiger partial charge in [0.05, 0.1) is 13.2 Å². The predicted octanol–water partition coefficient (Wildman–Crippen LogP) is 1.59. The first-order chi connectivity index (χ1) is 5.70. The van der Waals surface area contributed by atoms with E-state index in [9.17, 15) is 4.57 Å². The third-order valence-corrected chi connectivity index (χ3v) is 1.71. The summed E-state index contributed by atoms with van der Waals surface area (Å²) < 4.78 is 18.9. The molecule has 1 aliphatic rings. The Balaban J connectivity index is 0.000000261. The van der Waals surface area contributed by atoms with E-state index in [1.807, 2.05) is 0 Å². The van der Waals surface area contributed by atoms with Crippen LogP contribution < -0.4 is 0 Å². The van der Waals surface area contributed by atoms with E-state index in [-0.39, 0.29) is 12.7 Å². The van der Waals surface area contributed by atoms with Gasteiger partial charge in [0.15, 0.2) is 0 Å². The topological polar surface area (TPSA) is 59.1 Å². The van der Waals surface area contributed by atoms with Gasteiger partial charge in [-0.05, 0) is 0 Å². The molecular weight excluding hydrogens is 179 g/mol. The van der Waals surface area contributed by atoms with Gasteiger partial charge in [-0.3, -0.25) is 4.57 Å². The number of unbranched alkanes of at least 4 members (excludes halogenated alkanes) is 1. The van der Waals surface area contributed by atoms with Gasteiger partial charge in [0.25, 0.3) is 0 Å². The van der Waals surface area contributed by atoms with Gasteiger partial charge in [0.1, 0.15) is 6.10 Å². The molecular formula is C7H17O4P. The van der Waals surface area contributed by atoms with Crippen molar-refractivity contribution in [1.82, 2.24) is 0 Å². The highest BCUT2D eigenvalue weighted by Gasteiger charge is 2.22. The standard InChI is InChI=1S/C4H10.C3H7O4P/c1-3-4-2;4-8(5)7-2-3-1-6-3/h3-4H2,1-2H3;3,8H,1-2H2,(H,4,5). The summed E-state index contributed by atoms with van der Waals surface area (Å²) in [6, 6.07) is 0. The monoisotopic (exact) mass is 196 g/mol. The van der Waals surface area contributed by atoms with E-state index < -0.39 is 8.25 Å². The van der Waals surface area contributed by atoms with Crippen LogP contribution in [-0.2, 0) is 13.8 Å². The summed E-state index contributed by atoms with van der Waals surface area (Å²) in [7, 11) is -2.72. The normalized spacial score (nSPS) is 22.4. The van der Waals surface area contributed by atoms with Crippen LogP contribution in [0.4, 0.5) is 0 Å². The van der Waals surface area contributed by atoms with Crippen molar-refractivity contribution in [1.29, 1.82) is 0 Å². The minimum atomic E-state index is -2.72. The maximum atomic E-state index is 9.84. The summed E-state index contributed by atoms with van der Waals surface area (Å²) in [5, 5.41) is 0. The van der Waals surface area contributed by atoms with E-state index in [0.717, 1.165) is 0 Å². The molecule has 1 heterocycles. The minimum absolute atomic E-state index is 0.0797. The number of ether oxygens (including phenoxy) is 1. The van der Waals surface area contributed by atoms with E-state index in [2.05, 4.69) is 18.4 Å². The summed E-state index contributed by atoms with van der Waals surface area (Å²) in [6.45, 7) is 5.28. The Bertz CT molecular complexity index is 123. The van der Waals surface area contributed by atoms with Gasteiger partial charge >= 0.3 is 8.25 Å². The van der Waals surface area contributed by atoms with Crippen LogP contribution in [-0.4, -0.2) is 24.2 Å². The van der Waals surface area contributed by atoms with Gasteiger partial charge in [-0.1, -0.05) is 26.7 Å². The van der Waals surface area contributed by atoms with Crippen molar-refractivity contribution >= 4 is 8.25 Å². The highest BCUT2D eigenvalue weighted by molar-refractivity contribution is 7.32. The number of hydrogen-bond donors (Lipinski definition) is 1. The summed E-state index contributed by atoms with van der Waals surface area (Å²) in [5.41, 5.74) is 0. The molecule has 12 heavy (non-hydrogen) atoms. The molecule has 0 aliphatic carbocycles. The zero-order valence-electron chi connectivity index (χ0n) is 7.58. The molecule has 1 saturated heterocycles. The van der Waals surface area contributed by atoms with Crippen molar-refractivity contribution < 1.29 is 18.7 Å². The first-order valence-electron chi connectivity index (χ1n) is 4.18. The first kappa shape index (κ1) is 12.1. The van der Waals surface area contributed by atoms with E-state index in [1.54, 1.807) is 0 Å². The molecule has 4 nitrogen and oxygen atoms in total. The fourth-order valence-electron chi connectivity index (χ4n) is 0.329. The highest BCUT2D eigenvalue weighted by Crippen LogP contribution is 2.18. The lowest BCUT2D eigenvalue weighted by molar-refractivity contribution is 0.244. The lowest BCUT2D eigenvalue weighted by atomic mass is 10.4. The molecule has 1 aliphatic heterocycles. The molecule has 74 valence electrons. The number of epoxide rings is 1. The third-order valence-electron chi connectivity index (χ3n) is 1.30. The summed E-state index contributed by atoms with van der Waals surface area (Å²) in [4.78, 5) is 8.10. The van der Waals surface area contributed by atoms with E-state index >= 15 is 0 Å². The summed E-state index contributed by atoms with van der Waals surface area (Å²) >= 11 is 0. The predicted molar refractivity (Wildman–Crippen MR) is 47.5 cm³/mol. The molecule has 0 radical (unpaired) electrons. The van der Waals surface area contributed by atoms with Gasteiger partial charge < -0.3 is 14.2 Å². The molecule has 1 fully saturated rings. The maximum absolute atomic E-state index is 9.84. The van der Waals surface area contributed by atoms with E-state index in [0.29, 0.717) is 6.61 Å². The highest BCUT2D eigenvalue weighted by atomic mass is 31.1. The SMILES string of the molecule is CCCC.O=[PH](O)OCC1CO1. The van der Waals surface area contributed by atoms with Crippen LogP contribution in [0.3, 0.4) is 0 Å². The molecule has 0 aromatic rings. The van der Waals surface area contributed by atoms with Crippen LogP contribution in [0.2, 0.25) is 0 Å². The fourth-order valence-corrected chi connectivity index (χ4v) is 0.657. The molecule has 0 aromatic carbocycles. The average Bonchev–Trinajstić information content (AvgIpc) is 2.84. The van der Waals surface area contributed by atoms with Crippen molar-refractivity contribution in [3.63, 3.8) is 0 Å². The second-order valence-electron chi connectivity index (χ2n) is 2.53. The Labute approximate surface area is 73.8 Å². The van der Waals surface area contributed by atoms with Gasteiger partial charge in [0.2, 0.25) is 0 Å². The largest absolute Gasteiger partial charge is 0.371 e. The third kappa shape index (κ3) is 10.1. The average molecular weight is 196 g/mol. The van der Waals surface area contributed by atoms with Gasteiger partial charge in [-0.25, -0.2) is 0 Å². The summed E-state index contributed by atoms with van der Waals surface area (Å²) in [5.74, 6) is 0. The van der Waals surface area contributed by atoms with Crippen LogP contribution in [0.25, 0.3) is 0 Å².